The third kappa shape index (κ3) is 3.60. The van der Waals surface area contributed by atoms with Crippen LogP contribution in [0.5, 0.6) is 0 Å². The first-order valence-electron chi connectivity index (χ1n) is 7.57. The van der Waals surface area contributed by atoms with Crippen molar-refractivity contribution in [2.24, 2.45) is 0 Å². The highest BCUT2D eigenvalue weighted by Gasteiger charge is 2.05. The van der Waals surface area contributed by atoms with Crippen LogP contribution >= 0.6 is 0 Å². The van der Waals surface area contributed by atoms with Crippen LogP contribution in [0.1, 0.15) is 11.4 Å². The summed E-state index contributed by atoms with van der Waals surface area (Å²) in [6, 6.07) is 15.4. The lowest BCUT2D eigenvalue weighted by Gasteiger charge is -2.10. The van der Waals surface area contributed by atoms with E-state index in [1.165, 1.54) is 7.11 Å². The highest BCUT2D eigenvalue weighted by atomic mass is 16.5. The van der Waals surface area contributed by atoms with Gasteiger partial charge in [-0.1, -0.05) is 24.3 Å². The summed E-state index contributed by atoms with van der Waals surface area (Å²) in [6.07, 6.45) is -0.483. The summed E-state index contributed by atoms with van der Waals surface area (Å²) in [4.78, 5) is 20.1. The SMILES string of the molecule is COC(=O)Nc1ccc(CNc2nc(C)nc3ccccc23)cc1. The highest BCUT2D eigenvalue weighted by Crippen LogP contribution is 2.20. The minimum Gasteiger partial charge on any atom is -0.453 e. The molecule has 2 N–H and O–H groups in total. The molecule has 1 heterocycles. The Balaban J connectivity index is 1.73. The number of hydrogen-bond donors (Lipinski definition) is 2. The number of methoxy groups -OCH3 is 1. The Morgan fingerprint density at radius 1 is 1.08 bits per heavy atom. The molecule has 2 aromatic carbocycles. The van der Waals surface area contributed by atoms with Crippen molar-refractivity contribution in [3.63, 3.8) is 0 Å². The maximum absolute atomic E-state index is 11.2. The molecule has 0 saturated heterocycles. The van der Waals surface area contributed by atoms with Gasteiger partial charge in [-0.05, 0) is 36.8 Å². The van der Waals surface area contributed by atoms with Crippen LogP contribution in [0, 0.1) is 6.92 Å². The quantitative estimate of drug-likeness (QED) is 0.765. The maximum atomic E-state index is 11.2. The summed E-state index contributed by atoms with van der Waals surface area (Å²) < 4.78 is 4.57. The number of anilines is 2. The second kappa shape index (κ2) is 6.95. The van der Waals surface area contributed by atoms with Crippen molar-refractivity contribution in [2.45, 2.75) is 13.5 Å². The number of hydrogen-bond acceptors (Lipinski definition) is 5. The van der Waals surface area contributed by atoms with Crippen LogP contribution in [0.15, 0.2) is 48.5 Å². The molecule has 24 heavy (non-hydrogen) atoms. The Labute approximate surface area is 139 Å². The van der Waals surface area contributed by atoms with Gasteiger partial charge < -0.3 is 10.1 Å². The van der Waals surface area contributed by atoms with Gasteiger partial charge in [0.25, 0.3) is 0 Å². The van der Waals surface area contributed by atoms with Crippen LogP contribution in [0.3, 0.4) is 0 Å². The molecule has 1 amide bonds. The van der Waals surface area contributed by atoms with E-state index in [1.807, 2.05) is 55.5 Å². The van der Waals surface area contributed by atoms with Crippen LogP contribution < -0.4 is 10.6 Å². The second-order valence-corrected chi connectivity index (χ2v) is 5.30. The van der Waals surface area contributed by atoms with Gasteiger partial charge >= 0.3 is 6.09 Å². The molecule has 6 heteroatoms. The van der Waals surface area contributed by atoms with Gasteiger partial charge in [0.05, 0.1) is 12.6 Å². The molecule has 6 nitrogen and oxygen atoms in total. The van der Waals surface area contributed by atoms with Gasteiger partial charge in [-0.3, -0.25) is 5.32 Å². The molecular formula is C18H18N4O2. The van der Waals surface area contributed by atoms with Gasteiger partial charge in [-0.15, -0.1) is 0 Å². The number of fused-ring (bicyclic) bond motifs is 1. The van der Waals surface area contributed by atoms with Crippen molar-refractivity contribution in [1.29, 1.82) is 0 Å². The smallest absolute Gasteiger partial charge is 0.411 e. The van der Waals surface area contributed by atoms with E-state index in [0.717, 1.165) is 28.1 Å². The molecule has 1 aromatic heterocycles. The Morgan fingerprint density at radius 2 is 1.83 bits per heavy atom. The lowest BCUT2D eigenvalue weighted by molar-refractivity contribution is 0.187. The van der Waals surface area contributed by atoms with Gasteiger partial charge in [0.1, 0.15) is 11.6 Å². The Kier molecular flexibility index (Phi) is 4.56. The second-order valence-electron chi connectivity index (χ2n) is 5.30. The van der Waals surface area contributed by atoms with Crippen LogP contribution in [0.2, 0.25) is 0 Å². The van der Waals surface area contributed by atoms with Gasteiger partial charge in [0.15, 0.2) is 0 Å². The number of rotatable bonds is 4. The van der Waals surface area contributed by atoms with Crippen molar-refractivity contribution in [1.82, 2.24) is 9.97 Å². The van der Waals surface area contributed by atoms with E-state index >= 15 is 0 Å². The van der Waals surface area contributed by atoms with E-state index in [1.54, 1.807) is 0 Å². The first-order valence-corrected chi connectivity index (χ1v) is 7.57. The predicted octanol–water partition coefficient (Wildman–Crippen LogP) is 3.73. The van der Waals surface area contributed by atoms with Crippen molar-refractivity contribution in [3.05, 3.63) is 59.9 Å². The molecule has 0 spiro atoms. The minimum absolute atomic E-state index is 0.483. The van der Waals surface area contributed by atoms with E-state index in [9.17, 15) is 4.79 Å². The lowest BCUT2D eigenvalue weighted by atomic mass is 10.2. The van der Waals surface area contributed by atoms with Crippen LogP contribution in [-0.2, 0) is 11.3 Å². The van der Waals surface area contributed by atoms with E-state index in [-0.39, 0.29) is 0 Å². The summed E-state index contributed by atoms with van der Waals surface area (Å²) in [6.45, 7) is 2.50. The number of amides is 1. The molecule has 0 aliphatic rings. The van der Waals surface area contributed by atoms with E-state index in [4.69, 9.17) is 0 Å². The summed E-state index contributed by atoms with van der Waals surface area (Å²) in [5.41, 5.74) is 2.69. The monoisotopic (exact) mass is 322 g/mol. The van der Waals surface area contributed by atoms with Gasteiger partial charge in [0, 0.05) is 17.6 Å². The van der Waals surface area contributed by atoms with Gasteiger partial charge in [-0.2, -0.15) is 0 Å². The van der Waals surface area contributed by atoms with Crippen molar-refractivity contribution < 1.29 is 9.53 Å². The zero-order valence-corrected chi connectivity index (χ0v) is 13.5. The summed E-state index contributed by atoms with van der Waals surface area (Å²) in [5.74, 6) is 1.55. The fourth-order valence-corrected chi connectivity index (χ4v) is 2.39. The molecule has 0 radical (unpaired) electrons. The molecular weight excluding hydrogens is 304 g/mol. The van der Waals surface area contributed by atoms with Gasteiger partial charge in [0.2, 0.25) is 0 Å². The van der Waals surface area contributed by atoms with Crippen molar-refractivity contribution in [3.8, 4) is 0 Å². The third-order valence-electron chi connectivity index (χ3n) is 3.56. The van der Waals surface area contributed by atoms with Crippen LogP contribution in [-0.4, -0.2) is 23.2 Å². The summed E-state index contributed by atoms with van der Waals surface area (Å²) in [7, 11) is 1.33. The number of aryl methyl sites for hydroxylation is 1. The van der Waals surface area contributed by atoms with E-state index in [0.29, 0.717) is 12.2 Å². The van der Waals surface area contributed by atoms with Crippen molar-refractivity contribution in [2.75, 3.05) is 17.7 Å². The zero-order valence-electron chi connectivity index (χ0n) is 13.5. The Morgan fingerprint density at radius 3 is 2.58 bits per heavy atom. The number of carbonyl (C=O) groups excluding carboxylic acids is 1. The summed E-state index contributed by atoms with van der Waals surface area (Å²) in [5, 5.41) is 6.97. The number of benzene rings is 2. The molecule has 3 rings (SSSR count). The number of para-hydroxylation sites is 1. The largest absolute Gasteiger partial charge is 0.453 e. The molecule has 0 aliphatic carbocycles. The highest BCUT2D eigenvalue weighted by molar-refractivity contribution is 5.89. The number of nitrogens with one attached hydrogen (secondary N) is 2. The predicted molar refractivity (Wildman–Crippen MR) is 94.1 cm³/mol. The van der Waals surface area contributed by atoms with Gasteiger partial charge in [-0.25, -0.2) is 14.8 Å². The molecule has 0 atom stereocenters. The maximum Gasteiger partial charge on any atom is 0.411 e. The molecule has 0 aliphatic heterocycles. The number of nitrogens with zero attached hydrogens (tertiary/aromatic N) is 2. The first-order chi connectivity index (χ1) is 11.7. The number of aromatic nitrogens is 2. The fourth-order valence-electron chi connectivity index (χ4n) is 2.39. The van der Waals surface area contributed by atoms with E-state index in [2.05, 4.69) is 25.3 Å². The lowest BCUT2D eigenvalue weighted by Crippen LogP contribution is -2.11. The number of carbonyl (C=O) groups is 1. The Hall–Kier alpha value is -3.15. The standard InChI is InChI=1S/C18H18N4O2/c1-12-20-16-6-4-3-5-15(16)17(21-12)19-11-13-7-9-14(10-8-13)22-18(23)24-2/h3-10H,11H2,1-2H3,(H,22,23)(H,19,20,21). The average molecular weight is 322 g/mol. The number of ether oxygens (including phenoxy) is 1. The van der Waals surface area contributed by atoms with E-state index < -0.39 is 6.09 Å². The van der Waals surface area contributed by atoms with Crippen LogP contribution in [0.25, 0.3) is 10.9 Å². The first kappa shape index (κ1) is 15.7. The average Bonchev–Trinajstić information content (AvgIpc) is 2.60. The Bertz CT molecular complexity index is 863. The van der Waals surface area contributed by atoms with Crippen LogP contribution in [0.4, 0.5) is 16.3 Å². The molecule has 0 saturated carbocycles. The topological polar surface area (TPSA) is 76.1 Å². The minimum atomic E-state index is -0.483. The molecule has 122 valence electrons. The third-order valence-corrected chi connectivity index (χ3v) is 3.56. The van der Waals surface area contributed by atoms with Crippen molar-refractivity contribution >= 4 is 28.5 Å². The zero-order chi connectivity index (χ0) is 16.9. The normalized spacial score (nSPS) is 10.4. The molecule has 0 fully saturated rings. The molecule has 3 aromatic rings. The molecule has 0 unspecified atom stereocenters. The summed E-state index contributed by atoms with van der Waals surface area (Å²) >= 11 is 0. The fraction of sp³-hybridized carbons (Fsp3) is 0.167. The molecule has 0 bridgehead atoms.